The quantitative estimate of drug-likeness (QED) is 0.845. The largest absolute Gasteiger partial charge is 0.383 e. The van der Waals surface area contributed by atoms with Crippen LogP contribution in [0.5, 0.6) is 0 Å². The van der Waals surface area contributed by atoms with E-state index in [1.54, 1.807) is 7.11 Å². The number of nitrogen functional groups attached to an aromatic ring is 1. The van der Waals surface area contributed by atoms with Crippen LogP contribution in [0.4, 0.5) is 5.82 Å². The highest BCUT2D eigenvalue weighted by atomic mass is 127. The Bertz CT molecular complexity index is 594. The number of nitrogens with zero attached hydrogens (tertiary/aromatic N) is 2. The molecule has 0 aliphatic carbocycles. The maximum absolute atomic E-state index is 5.95. The fourth-order valence-corrected chi connectivity index (χ4v) is 2.38. The minimum atomic E-state index is 0.433. The van der Waals surface area contributed by atoms with E-state index in [9.17, 15) is 0 Å². The van der Waals surface area contributed by atoms with Crippen molar-refractivity contribution in [3.63, 3.8) is 0 Å². The molecule has 0 radical (unpaired) electrons. The first kappa shape index (κ1) is 14.2. The van der Waals surface area contributed by atoms with Crippen LogP contribution < -0.4 is 5.73 Å². The molecule has 0 amide bonds. The highest BCUT2D eigenvalue weighted by molar-refractivity contribution is 14.1. The summed E-state index contributed by atoms with van der Waals surface area (Å²) in [6.45, 7) is 4.55. The average Bonchev–Trinajstić information content (AvgIpc) is 2.33. The molecule has 0 aliphatic rings. The van der Waals surface area contributed by atoms with Crippen molar-refractivity contribution in [3.05, 3.63) is 38.6 Å². The third kappa shape index (κ3) is 3.22. The second kappa shape index (κ2) is 5.83. The number of hydrogen-bond acceptors (Lipinski definition) is 4. The van der Waals surface area contributed by atoms with Gasteiger partial charge in [0.1, 0.15) is 5.82 Å². The summed E-state index contributed by atoms with van der Waals surface area (Å²) in [6.07, 6.45) is 0. The van der Waals surface area contributed by atoms with E-state index in [1.165, 1.54) is 11.1 Å². The van der Waals surface area contributed by atoms with Gasteiger partial charge in [-0.05, 0) is 48.6 Å². The van der Waals surface area contributed by atoms with Gasteiger partial charge in [-0.15, -0.1) is 0 Å². The molecule has 19 heavy (non-hydrogen) atoms. The zero-order chi connectivity index (χ0) is 14.0. The van der Waals surface area contributed by atoms with Crippen LogP contribution in [0.25, 0.3) is 11.4 Å². The molecule has 0 saturated heterocycles. The summed E-state index contributed by atoms with van der Waals surface area (Å²) in [5.41, 5.74) is 10.1. The van der Waals surface area contributed by atoms with Gasteiger partial charge in [0.25, 0.3) is 0 Å². The fourth-order valence-electron chi connectivity index (χ4n) is 1.98. The van der Waals surface area contributed by atoms with E-state index in [-0.39, 0.29) is 0 Å². The van der Waals surface area contributed by atoms with Crippen LogP contribution in [0.2, 0.25) is 0 Å². The van der Waals surface area contributed by atoms with Crippen molar-refractivity contribution in [2.24, 2.45) is 0 Å². The predicted molar refractivity (Wildman–Crippen MR) is 84.8 cm³/mol. The number of anilines is 1. The third-order valence-corrected chi connectivity index (χ3v) is 3.88. The lowest BCUT2D eigenvalue weighted by Crippen LogP contribution is -2.06. The van der Waals surface area contributed by atoms with Crippen LogP contribution in [0.15, 0.2) is 18.2 Å². The molecule has 2 N–H and O–H groups in total. The van der Waals surface area contributed by atoms with E-state index in [4.69, 9.17) is 10.5 Å². The van der Waals surface area contributed by atoms with Crippen molar-refractivity contribution in [1.29, 1.82) is 0 Å². The molecular weight excluding hydrogens is 353 g/mol. The molecule has 4 nitrogen and oxygen atoms in total. The average molecular weight is 369 g/mol. The normalized spacial score (nSPS) is 10.7. The molecule has 0 unspecified atom stereocenters. The Morgan fingerprint density at radius 3 is 2.37 bits per heavy atom. The number of aryl methyl sites for hydroxylation is 2. The summed E-state index contributed by atoms with van der Waals surface area (Å²) in [5.74, 6) is 1.15. The number of methoxy groups -OCH3 is 1. The van der Waals surface area contributed by atoms with Crippen molar-refractivity contribution in [2.75, 3.05) is 12.8 Å². The molecule has 2 rings (SSSR count). The maximum atomic E-state index is 5.95. The molecular formula is C14H16IN3O. The fraction of sp³-hybridized carbons (Fsp3) is 0.286. The maximum Gasteiger partial charge on any atom is 0.161 e. The topological polar surface area (TPSA) is 61.0 Å². The standard InChI is InChI=1S/C14H16IN3O/c1-8-4-9(2)6-10(5-8)14-17-11(7-19-3)12(15)13(16)18-14/h4-6H,7H2,1-3H3,(H2,16,17,18). The van der Waals surface area contributed by atoms with Gasteiger partial charge >= 0.3 is 0 Å². The van der Waals surface area contributed by atoms with E-state index in [2.05, 4.69) is 64.6 Å². The van der Waals surface area contributed by atoms with E-state index >= 15 is 0 Å². The summed E-state index contributed by atoms with van der Waals surface area (Å²) in [5, 5.41) is 0. The molecule has 5 heteroatoms. The lowest BCUT2D eigenvalue weighted by atomic mass is 10.1. The zero-order valence-corrected chi connectivity index (χ0v) is 13.4. The Labute approximate surface area is 126 Å². The highest BCUT2D eigenvalue weighted by Gasteiger charge is 2.11. The second-order valence-corrected chi connectivity index (χ2v) is 5.58. The number of aromatic nitrogens is 2. The second-order valence-electron chi connectivity index (χ2n) is 4.50. The lowest BCUT2D eigenvalue weighted by Gasteiger charge is -2.09. The first-order chi connectivity index (χ1) is 9.01. The van der Waals surface area contributed by atoms with Crippen LogP contribution in [0, 0.1) is 17.4 Å². The van der Waals surface area contributed by atoms with Gasteiger partial charge in [0.15, 0.2) is 5.82 Å². The van der Waals surface area contributed by atoms with E-state index in [0.717, 1.165) is 14.8 Å². The van der Waals surface area contributed by atoms with Crippen LogP contribution in [0.3, 0.4) is 0 Å². The summed E-state index contributed by atoms with van der Waals surface area (Å²) in [6, 6.07) is 6.24. The molecule has 0 spiro atoms. The van der Waals surface area contributed by atoms with Crippen LogP contribution in [0.1, 0.15) is 16.8 Å². The molecule has 1 aromatic carbocycles. The minimum Gasteiger partial charge on any atom is -0.383 e. The first-order valence-electron chi connectivity index (χ1n) is 5.90. The van der Waals surface area contributed by atoms with Crippen molar-refractivity contribution in [1.82, 2.24) is 9.97 Å². The monoisotopic (exact) mass is 369 g/mol. The van der Waals surface area contributed by atoms with Crippen LogP contribution >= 0.6 is 22.6 Å². The Hall–Kier alpha value is -1.21. The van der Waals surface area contributed by atoms with Crippen molar-refractivity contribution < 1.29 is 4.74 Å². The van der Waals surface area contributed by atoms with Gasteiger partial charge in [0, 0.05) is 12.7 Å². The SMILES string of the molecule is COCc1nc(-c2cc(C)cc(C)c2)nc(N)c1I. The van der Waals surface area contributed by atoms with Crippen LogP contribution in [-0.4, -0.2) is 17.1 Å². The molecule has 1 heterocycles. The number of ether oxygens (including phenoxy) is 1. The molecule has 0 atom stereocenters. The first-order valence-corrected chi connectivity index (χ1v) is 6.98. The third-order valence-electron chi connectivity index (χ3n) is 2.71. The van der Waals surface area contributed by atoms with E-state index in [0.29, 0.717) is 18.2 Å². The molecule has 0 saturated carbocycles. The van der Waals surface area contributed by atoms with Gasteiger partial charge in [-0.2, -0.15) is 0 Å². The predicted octanol–water partition coefficient (Wildman–Crippen LogP) is 3.09. The molecule has 0 bridgehead atoms. The number of hydrogen-bond donors (Lipinski definition) is 1. The molecule has 0 fully saturated rings. The van der Waals surface area contributed by atoms with Crippen molar-refractivity contribution in [3.8, 4) is 11.4 Å². The van der Waals surface area contributed by atoms with Gasteiger partial charge in [0.05, 0.1) is 15.9 Å². The van der Waals surface area contributed by atoms with Gasteiger partial charge in [0.2, 0.25) is 0 Å². The Balaban J connectivity index is 2.55. The number of rotatable bonds is 3. The Morgan fingerprint density at radius 1 is 1.16 bits per heavy atom. The highest BCUT2D eigenvalue weighted by Crippen LogP contribution is 2.24. The van der Waals surface area contributed by atoms with Gasteiger partial charge < -0.3 is 10.5 Å². The summed E-state index contributed by atoms with van der Waals surface area (Å²) in [7, 11) is 1.64. The Morgan fingerprint density at radius 2 is 1.79 bits per heavy atom. The molecule has 100 valence electrons. The molecule has 2 aromatic rings. The number of halogens is 1. The zero-order valence-electron chi connectivity index (χ0n) is 11.2. The van der Waals surface area contributed by atoms with Gasteiger partial charge in [-0.25, -0.2) is 9.97 Å². The minimum absolute atomic E-state index is 0.433. The van der Waals surface area contributed by atoms with Crippen molar-refractivity contribution >= 4 is 28.4 Å². The summed E-state index contributed by atoms with van der Waals surface area (Å²) < 4.78 is 6.01. The summed E-state index contributed by atoms with van der Waals surface area (Å²) >= 11 is 2.15. The molecule has 0 aliphatic heterocycles. The smallest absolute Gasteiger partial charge is 0.161 e. The van der Waals surface area contributed by atoms with Gasteiger partial charge in [-0.1, -0.05) is 17.2 Å². The number of nitrogens with two attached hydrogens (primary N) is 1. The van der Waals surface area contributed by atoms with Crippen LogP contribution in [-0.2, 0) is 11.3 Å². The van der Waals surface area contributed by atoms with E-state index in [1.807, 2.05) is 0 Å². The number of benzene rings is 1. The summed E-state index contributed by atoms with van der Waals surface area (Å²) in [4.78, 5) is 8.92. The molecule has 1 aromatic heterocycles. The van der Waals surface area contributed by atoms with Crippen molar-refractivity contribution in [2.45, 2.75) is 20.5 Å². The Kier molecular flexibility index (Phi) is 4.36. The lowest BCUT2D eigenvalue weighted by molar-refractivity contribution is 0.181. The van der Waals surface area contributed by atoms with E-state index < -0.39 is 0 Å². The van der Waals surface area contributed by atoms with Gasteiger partial charge in [-0.3, -0.25) is 0 Å².